The van der Waals surface area contributed by atoms with Crippen molar-refractivity contribution in [2.24, 2.45) is 0 Å². The summed E-state index contributed by atoms with van der Waals surface area (Å²) in [7, 11) is -2.63. The van der Waals surface area contributed by atoms with Crippen LogP contribution in [-0.2, 0) is 10.0 Å². The zero-order valence-electron chi connectivity index (χ0n) is 10.6. The number of rotatable bonds is 4. The molecule has 112 valence electrons. The van der Waals surface area contributed by atoms with Gasteiger partial charge in [-0.25, -0.2) is 13.4 Å². The minimum absolute atomic E-state index is 0.113. The van der Waals surface area contributed by atoms with Crippen LogP contribution in [0, 0.1) is 5.95 Å². The largest absolute Gasteiger partial charge is 0.494 e. The highest BCUT2D eigenvalue weighted by Crippen LogP contribution is 2.36. The van der Waals surface area contributed by atoms with Crippen molar-refractivity contribution in [1.29, 1.82) is 0 Å². The second-order valence-corrected chi connectivity index (χ2v) is 6.84. The lowest BCUT2D eigenvalue weighted by atomic mass is 10.3. The molecule has 5 nitrogen and oxygen atoms in total. The Morgan fingerprint density at radius 3 is 2.67 bits per heavy atom. The van der Waals surface area contributed by atoms with Gasteiger partial charge in [0.15, 0.2) is 5.75 Å². The van der Waals surface area contributed by atoms with Crippen molar-refractivity contribution < 1.29 is 17.5 Å². The molecule has 0 bridgehead atoms. The summed E-state index contributed by atoms with van der Waals surface area (Å²) < 4.78 is 45.2. The molecule has 0 aliphatic heterocycles. The fourth-order valence-electron chi connectivity index (χ4n) is 1.58. The summed E-state index contributed by atoms with van der Waals surface area (Å²) in [6.07, 6.45) is 1.07. The molecule has 1 aromatic carbocycles. The summed E-state index contributed by atoms with van der Waals surface area (Å²) in [4.78, 5) is 3.23. The lowest BCUT2D eigenvalue weighted by Crippen LogP contribution is -2.14. The highest BCUT2D eigenvalue weighted by molar-refractivity contribution is 9.10. The molecule has 9 heteroatoms. The molecule has 0 fully saturated rings. The number of benzene rings is 1. The van der Waals surface area contributed by atoms with E-state index in [0.29, 0.717) is 4.47 Å². The summed E-state index contributed by atoms with van der Waals surface area (Å²) >= 11 is 9.05. The Morgan fingerprint density at radius 1 is 1.38 bits per heavy atom. The second-order valence-electron chi connectivity index (χ2n) is 3.89. The Morgan fingerprint density at radius 2 is 2.10 bits per heavy atom. The molecular weight excluding hydrogens is 387 g/mol. The molecule has 0 aliphatic carbocycles. The summed E-state index contributed by atoms with van der Waals surface area (Å²) in [5.74, 6) is -0.594. The van der Waals surface area contributed by atoms with Gasteiger partial charge in [0.05, 0.1) is 23.5 Å². The van der Waals surface area contributed by atoms with Crippen LogP contribution in [0.3, 0.4) is 0 Å². The van der Waals surface area contributed by atoms with E-state index in [1.165, 1.54) is 25.3 Å². The Hall–Kier alpha value is -1.38. The third-order valence-electron chi connectivity index (χ3n) is 2.45. The Bertz CT molecular complexity index is 769. The third-order valence-corrected chi connectivity index (χ3v) is 4.64. The SMILES string of the molecule is COc1c(Br)cc(Cl)cc1S(=O)(=O)Nc1ccc(F)nc1. The maximum absolute atomic E-state index is 12.7. The Labute approximate surface area is 134 Å². The van der Waals surface area contributed by atoms with Crippen LogP contribution >= 0.6 is 27.5 Å². The van der Waals surface area contributed by atoms with Crippen LogP contribution in [0.1, 0.15) is 0 Å². The maximum Gasteiger partial charge on any atom is 0.265 e. The first-order valence-electron chi connectivity index (χ1n) is 5.51. The lowest BCUT2D eigenvalue weighted by molar-refractivity contribution is 0.400. The van der Waals surface area contributed by atoms with Crippen molar-refractivity contribution >= 4 is 43.2 Å². The van der Waals surface area contributed by atoms with Crippen LogP contribution < -0.4 is 9.46 Å². The maximum atomic E-state index is 12.7. The minimum atomic E-state index is -3.97. The molecule has 1 N–H and O–H groups in total. The van der Waals surface area contributed by atoms with Crippen LogP contribution in [0.25, 0.3) is 0 Å². The van der Waals surface area contributed by atoms with E-state index in [1.807, 2.05) is 0 Å². The van der Waals surface area contributed by atoms with Gasteiger partial charge in [-0.2, -0.15) is 4.39 Å². The zero-order chi connectivity index (χ0) is 15.6. The van der Waals surface area contributed by atoms with Crippen LogP contribution in [0.15, 0.2) is 39.8 Å². The number of hydrogen-bond donors (Lipinski definition) is 1. The van der Waals surface area contributed by atoms with Crippen molar-refractivity contribution in [2.45, 2.75) is 4.90 Å². The lowest BCUT2D eigenvalue weighted by Gasteiger charge is -2.13. The standard InChI is InChI=1S/C12H9BrClFN2O3S/c1-20-12-9(13)4-7(14)5-10(12)21(18,19)17-8-2-3-11(15)16-6-8/h2-6,17H,1H3. The molecule has 0 atom stereocenters. The summed E-state index contributed by atoms with van der Waals surface area (Å²) in [6.45, 7) is 0. The monoisotopic (exact) mass is 394 g/mol. The molecule has 0 unspecified atom stereocenters. The fourth-order valence-corrected chi connectivity index (χ4v) is 4.01. The van der Waals surface area contributed by atoms with Crippen LogP contribution in [0.2, 0.25) is 5.02 Å². The molecule has 0 saturated heterocycles. The number of aromatic nitrogens is 1. The molecule has 1 aromatic heterocycles. The summed E-state index contributed by atoms with van der Waals surface area (Å²) in [6, 6.07) is 5.07. The summed E-state index contributed by atoms with van der Waals surface area (Å²) in [5.41, 5.74) is 0.120. The molecule has 21 heavy (non-hydrogen) atoms. The van der Waals surface area contributed by atoms with E-state index in [-0.39, 0.29) is 21.4 Å². The number of methoxy groups -OCH3 is 1. The summed E-state index contributed by atoms with van der Waals surface area (Å²) in [5, 5.41) is 0.222. The number of nitrogens with zero attached hydrogens (tertiary/aromatic N) is 1. The molecule has 1 heterocycles. The average molecular weight is 396 g/mol. The number of anilines is 1. The van der Waals surface area contributed by atoms with E-state index < -0.39 is 16.0 Å². The van der Waals surface area contributed by atoms with Gasteiger partial charge in [-0.1, -0.05) is 11.6 Å². The van der Waals surface area contributed by atoms with Gasteiger partial charge in [0, 0.05) is 5.02 Å². The first-order chi connectivity index (χ1) is 9.83. The Kier molecular flexibility index (Phi) is 4.70. The van der Waals surface area contributed by atoms with Gasteiger partial charge in [0.2, 0.25) is 5.95 Å². The number of halogens is 3. The first-order valence-corrected chi connectivity index (χ1v) is 8.16. The van der Waals surface area contributed by atoms with Crippen LogP contribution in [0.5, 0.6) is 5.75 Å². The number of hydrogen-bond acceptors (Lipinski definition) is 4. The Balaban J connectivity index is 2.46. The van der Waals surface area contributed by atoms with Gasteiger partial charge in [-0.3, -0.25) is 4.72 Å². The normalized spacial score (nSPS) is 11.2. The fraction of sp³-hybridized carbons (Fsp3) is 0.0833. The van der Waals surface area contributed by atoms with Crippen molar-refractivity contribution in [2.75, 3.05) is 11.8 Å². The highest BCUT2D eigenvalue weighted by Gasteiger charge is 2.22. The number of ether oxygens (including phenoxy) is 1. The smallest absolute Gasteiger partial charge is 0.265 e. The van der Waals surface area contributed by atoms with E-state index in [9.17, 15) is 12.8 Å². The highest BCUT2D eigenvalue weighted by atomic mass is 79.9. The van der Waals surface area contributed by atoms with Crippen molar-refractivity contribution in [3.05, 3.63) is 45.9 Å². The molecular formula is C12H9BrClFN2O3S. The van der Waals surface area contributed by atoms with E-state index in [4.69, 9.17) is 16.3 Å². The van der Waals surface area contributed by atoms with Gasteiger partial charge in [0.25, 0.3) is 10.0 Å². The van der Waals surface area contributed by atoms with Gasteiger partial charge < -0.3 is 4.74 Å². The predicted molar refractivity (Wildman–Crippen MR) is 80.7 cm³/mol. The van der Waals surface area contributed by atoms with Crippen molar-refractivity contribution in [3.8, 4) is 5.75 Å². The molecule has 0 saturated carbocycles. The van der Waals surface area contributed by atoms with E-state index >= 15 is 0 Å². The molecule has 2 rings (SSSR count). The van der Waals surface area contributed by atoms with E-state index in [0.717, 1.165) is 12.3 Å². The number of pyridine rings is 1. The molecule has 0 spiro atoms. The van der Waals surface area contributed by atoms with E-state index in [2.05, 4.69) is 25.6 Å². The predicted octanol–water partition coefficient (Wildman–Crippen LogP) is 3.45. The molecule has 0 amide bonds. The minimum Gasteiger partial charge on any atom is -0.494 e. The second kappa shape index (κ2) is 6.17. The zero-order valence-corrected chi connectivity index (χ0v) is 13.8. The van der Waals surface area contributed by atoms with Crippen LogP contribution in [-0.4, -0.2) is 20.5 Å². The number of nitrogens with one attached hydrogen (secondary N) is 1. The van der Waals surface area contributed by atoms with Gasteiger partial charge in [0.1, 0.15) is 4.90 Å². The molecule has 0 aliphatic rings. The molecule has 0 radical (unpaired) electrons. The average Bonchev–Trinajstić information content (AvgIpc) is 2.40. The first kappa shape index (κ1) is 16.0. The van der Waals surface area contributed by atoms with Gasteiger partial charge in [-0.15, -0.1) is 0 Å². The van der Waals surface area contributed by atoms with Crippen molar-refractivity contribution in [3.63, 3.8) is 0 Å². The van der Waals surface area contributed by atoms with Crippen molar-refractivity contribution in [1.82, 2.24) is 4.98 Å². The third kappa shape index (κ3) is 3.63. The van der Waals surface area contributed by atoms with Gasteiger partial charge >= 0.3 is 0 Å². The van der Waals surface area contributed by atoms with Gasteiger partial charge in [-0.05, 0) is 40.2 Å². The number of sulfonamides is 1. The molecule has 2 aromatic rings. The quantitative estimate of drug-likeness (QED) is 0.805. The topological polar surface area (TPSA) is 68.3 Å². The van der Waals surface area contributed by atoms with E-state index in [1.54, 1.807) is 0 Å². The van der Waals surface area contributed by atoms with Crippen LogP contribution in [0.4, 0.5) is 10.1 Å².